The summed E-state index contributed by atoms with van der Waals surface area (Å²) in [7, 11) is 0. The summed E-state index contributed by atoms with van der Waals surface area (Å²) in [5.41, 5.74) is 1.79. The first kappa shape index (κ1) is 17.5. The average molecular weight is 313 g/mol. The van der Waals surface area contributed by atoms with Crippen LogP contribution in [0.1, 0.15) is 67.8 Å². The minimum Gasteiger partial charge on any atom is -0.342 e. The van der Waals surface area contributed by atoms with Crippen molar-refractivity contribution < 1.29 is 9.59 Å². The number of carbonyl (C=O) groups excluding carboxylic acids is 2. The predicted molar refractivity (Wildman–Crippen MR) is 93.5 cm³/mol. The maximum absolute atomic E-state index is 12.6. The number of carbonyl (C=O) groups is 2. The lowest BCUT2D eigenvalue weighted by Crippen LogP contribution is -2.39. The number of allylic oxidation sites excluding steroid dienone is 1. The zero-order valence-corrected chi connectivity index (χ0v) is 14.0. The van der Waals surface area contributed by atoms with Crippen LogP contribution in [0.3, 0.4) is 0 Å². The van der Waals surface area contributed by atoms with Crippen LogP contribution in [0.25, 0.3) is 0 Å². The van der Waals surface area contributed by atoms with Gasteiger partial charge in [-0.05, 0) is 50.7 Å². The number of rotatable bonds is 1. The Kier molecular flexibility index (Phi) is 7.05. The molecule has 0 saturated heterocycles. The molecular formula is C20H27NO2. The fraction of sp³-hybridized carbons (Fsp3) is 0.500. The number of ketones is 1. The summed E-state index contributed by atoms with van der Waals surface area (Å²) in [6, 6.07) is 7.31. The number of hydrogen-bond donors (Lipinski definition) is 1. The molecule has 2 rings (SSSR count). The molecular weight excluding hydrogens is 286 g/mol. The van der Waals surface area contributed by atoms with E-state index in [4.69, 9.17) is 0 Å². The van der Waals surface area contributed by atoms with Crippen LogP contribution in [-0.4, -0.2) is 17.7 Å². The average Bonchev–Trinajstić information content (AvgIpc) is 2.55. The van der Waals surface area contributed by atoms with Crippen molar-refractivity contribution in [2.45, 2.75) is 64.3 Å². The monoisotopic (exact) mass is 313 g/mol. The zero-order chi connectivity index (χ0) is 16.5. The third-order valence-electron chi connectivity index (χ3n) is 4.41. The second-order valence-electron chi connectivity index (χ2n) is 6.31. The smallest absolute Gasteiger partial charge is 0.252 e. The van der Waals surface area contributed by atoms with E-state index in [0.29, 0.717) is 12.0 Å². The lowest BCUT2D eigenvalue weighted by Gasteiger charge is -2.16. The fourth-order valence-corrected chi connectivity index (χ4v) is 2.98. The molecule has 1 aromatic carbocycles. The quantitative estimate of drug-likeness (QED) is 0.789. The Balaban J connectivity index is 2.17. The molecule has 0 saturated carbocycles. The first-order valence-electron chi connectivity index (χ1n) is 8.72. The van der Waals surface area contributed by atoms with E-state index in [-0.39, 0.29) is 11.7 Å². The van der Waals surface area contributed by atoms with Crippen LogP contribution in [-0.2, 0) is 11.2 Å². The van der Waals surface area contributed by atoms with Gasteiger partial charge in [-0.15, -0.1) is 0 Å². The molecule has 1 atom stereocenters. The minimum atomic E-state index is -0.433. The van der Waals surface area contributed by atoms with E-state index < -0.39 is 6.04 Å². The summed E-state index contributed by atoms with van der Waals surface area (Å²) in [6.07, 6.45) is 12.7. The van der Waals surface area contributed by atoms with Crippen molar-refractivity contribution >= 4 is 11.7 Å². The van der Waals surface area contributed by atoms with Crippen LogP contribution < -0.4 is 5.32 Å². The van der Waals surface area contributed by atoms with Gasteiger partial charge in [-0.2, -0.15) is 0 Å². The van der Waals surface area contributed by atoms with E-state index in [1.54, 1.807) is 6.92 Å². The van der Waals surface area contributed by atoms with E-state index in [0.717, 1.165) is 24.8 Å². The molecule has 0 fully saturated rings. The summed E-state index contributed by atoms with van der Waals surface area (Å²) in [5.74, 6) is -0.131. The highest BCUT2D eigenvalue weighted by molar-refractivity contribution is 5.98. The van der Waals surface area contributed by atoms with Gasteiger partial charge >= 0.3 is 0 Å². The Labute approximate surface area is 139 Å². The second-order valence-corrected chi connectivity index (χ2v) is 6.31. The highest BCUT2D eigenvalue weighted by Gasteiger charge is 2.18. The zero-order valence-electron chi connectivity index (χ0n) is 14.0. The normalized spacial score (nSPS) is 22.1. The Morgan fingerprint density at radius 2 is 1.78 bits per heavy atom. The van der Waals surface area contributed by atoms with Crippen molar-refractivity contribution in [1.29, 1.82) is 0 Å². The van der Waals surface area contributed by atoms with E-state index in [1.807, 2.05) is 30.3 Å². The van der Waals surface area contributed by atoms with Gasteiger partial charge in [0.15, 0.2) is 5.78 Å². The molecule has 0 aromatic heterocycles. The SMILES string of the molecule is CC(=O)[C@@H]1C/C=C/CCCCCCCc2ccccc2C(=O)N1. The number of nitrogens with one attached hydrogen (secondary N) is 1. The topological polar surface area (TPSA) is 46.2 Å². The van der Waals surface area contributed by atoms with Crippen molar-refractivity contribution in [2.24, 2.45) is 0 Å². The molecule has 0 spiro atoms. The molecule has 3 heteroatoms. The molecule has 0 aliphatic carbocycles. The highest BCUT2D eigenvalue weighted by atomic mass is 16.2. The molecule has 1 aliphatic rings. The van der Waals surface area contributed by atoms with E-state index in [2.05, 4.69) is 11.4 Å². The van der Waals surface area contributed by atoms with Crippen LogP contribution in [0.2, 0.25) is 0 Å². The van der Waals surface area contributed by atoms with Crippen molar-refractivity contribution in [3.8, 4) is 0 Å². The third kappa shape index (κ3) is 5.66. The molecule has 0 bridgehead atoms. The number of benzene rings is 1. The maximum atomic E-state index is 12.6. The van der Waals surface area contributed by atoms with Gasteiger partial charge in [0.05, 0.1) is 6.04 Å². The molecule has 1 N–H and O–H groups in total. The van der Waals surface area contributed by atoms with Crippen LogP contribution >= 0.6 is 0 Å². The van der Waals surface area contributed by atoms with Gasteiger partial charge in [0, 0.05) is 5.56 Å². The van der Waals surface area contributed by atoms with Crippen molar-refractivity contribution in [3.05, 3.63) is 47.5 Å². The Hall–Kier alpha value is -1.90. The van der Waals surface area contributed by atoms with Gasteiger partial charge in [0.25, 0.3) is 5.91 Å². The lowest BCUT2D eigenvalue weighted by atomic mass is 9.99. The number of hydrogen-bond acceptors (Lipinski definition) is 2. The molecule has 23 heavy (non-hydrogen) atoms. The molecule has 1 aromatic rings. The van der Waals surface area contributed by atoms with Crippen molar-refractivity contribution in [3.63, 3.8) is 0 Å². The first-order valence-corrected chi connectivity index (χ1v) is 8.72. The number of aryl methyl sites for hydroxylation is 1. The van der Waals surface area contributed by atoms with Gasteiger partial charge in [-0.1, -0.05) is 49.6 Å². The Bertz CT molecular complexity index is 563. The predicted octanol–water partition coefficient (Wildman–Crippen LogP) is 4.22. The summed E-state index contributed by atoms with van der Waals surface area (Å²) in [5, 5.41) is 2.90. The van der Waals surface area contributed by atoms with E-state index in [9.17, 15) is 9.59 Å². The van der Waals surface area contributed by atoms with Crippen molar-refractivity contribution in [1.82, 2.24) is 5.32 Å². The largest absolute Gasteiger partial charge is 0.342 e. The molecule has 1 heterocycles. The summed E-state index contributed by atoms with van der Waals surface area (Å²) < 4.78 is 0. The van der Waals surface area contributed by atoms with Gasteiger partial charge in [0.1, 0.15) is 0 Å². The molecule has 1 aliphatic heterocycles. The molecule has 124 valence electrons. The molecule has 0 unspecified atom stereocenters. The highest BCUT2D eigenvalue weighted by Crippen LogP contribution is 2.15. The maximum Gasteiger partial charge on any atom is 0.252 e. The summed E-state index contributed by atoms with van der Waals surface area (Å²) in [4.78, 5) is 24.4. The Morgan fingerprint density at radius 3 is 2.61 bits per heavy atom. The Morgan fingerprint density at radius 1 is 1.04 bits per heavy atom. The van der Waals surface area contributed by atoms with Crippen LogP contribution in [0.5, 0.6) is 0 Å². The molecule has 0 radical (unpaired) electrons. The van der Waals surface area contributed by atoms with Gasteiger partial charge in [0.2, 0.25) is 0 Å². The van der Waals surface area contributed by atoms with Gasteiger partial charge < -0.3 is 5.32 Å². The van der Waals surface area contributed by atoms with Crippen LogP contribution in [0.4, 0.5) is 0 Å². The van der Waals surface area contributed by atoms with E-state index >= 15 is 0 Å². The number of fused-ring (bicyclic) bond motifs is 1. The van der Waals surface area contributed by atoms with Gasteiger partial charge in [-0.3, -0.25) is 9.59 Å². The first-order chi connectivity index (χ1) is 11.2. The molecule has 1 amide bonds. The van der Waals surface area contributed by atoms with Gasteiger partial charge in [-0.25, -0.2) is 0 Å². The minimum absolute atomic E-state index is 0.00444. The molecule has 3 nitrogen and oxygen atoms in total. The van der Waals surface area contributed by atoms with Crippen molar-refractivity contribution in [2.75, 3.05) is 0 Å². The summed E-state index contributed by atoms with van der Waals surface area (Å²) >= 11 is 0. The van der Waals surface area contributed by atoms with E-state index in [1.165, 1.54) is 25.7 Å². The summed E-state index contributed by atoms with van der Waals surface area (Å²) in [6.45, 7) is 1.54. The standard InChI is InChI=1S/C20H27NO2/c1-16(22)19-15-9-7-5-3-2-4-6-8-12-17-13-10-11-14-18(17)20(23)21-19/h7,9-11,13-14,19H,2-6,8,12,15H2,1H3,(H,21,23)/b9-7+/t19-/m0/s1. The van der Waals surface area contributed by atoms with Crippen LogP contribution in [0.15, 0.2) is 36.4 Å². The fourth-order valence-electron chi connectivity index (χ4n) is 2.98. The van der Waals surface area contributed by atoms with Crippen LogP contribution in [0, 0.1) is 0 Å². The lowest BCUT2D eigenvalue weighted by molar-refractivity contribution is -0.118. The number of Topliss-reactive ketones (excluding diaryl/α,β-unsaturated/α-hetero) is 1. The third-order valence-corrected chi connectivity index (χ3v) is 4.41. The second kappa shape index (κ2) is 9.29. The number of amides is 1.